The molecule has 0 amide bonds. The third kappa shape index (κ3) is 4.15. The van der Waals surface area contributed by atoms with Crippen molar-refractivity contribution in [3.63, 3.8) is 0 Å². The topological polar surface area (TPSA) is 102 Å². The molecule has 0 spiro atoms. The second-order valence-corrected chi connectivity index (χ2v) is 9.88. The molecule has 0 radical (unpaired) electrons. The minimum absolute atomic E-state index is 0.0940. The summed E-state index contributed by atoms with van der Waals surface area (Å²) >= 11 is 0. The average molecular weight is 500 g/mol. The van der Waals surface area contributed by atoms with Gasteiger partial charge in [0.15, 0.2) is 0 Å². The largest absolute Gasteiger partial charge is 0.367 e. The molecule has 3 aromatic heterocycles. The van der Waals surface area contributed by atoms with Crippen molar-refractivity contribution in [2.24, 2.45) is 7.05 Å². The van der Waals surface area contributed by atoms with Gasteiger partial charge in [0.25, 0.3) is 5.56 Å². The summed E-state index contributed by atoms with van der Waals surface area (Å²) < 4.78 is 23.7. The molecule has 1 aromatic carbocycles. The summed E-state index contributed by atoms with van der Waals surface area (Å²) in [6.07, 6.45) is 5.90. The zero-order valence-corrected chi connectivity index (χ0v) is 20.8. The van der Waals surface area contributed by atoms with Gasteiger partial charge in [-0.15, -0.1) is 0 Å². The molecule has 0 unspecified atom stereocenters. The van der Waals surface area contributed by atoms with Gasteiger partial charge in [0.05, 0.1) is 41.9 Å². The molecular weight excluding hydrogens is 473 g/mol. The molecule has 4 aromatic rings. The molecule has 2 fully saturated rings. The summed E-state index contributed by atoms with van der Waals surface area (Å²) in [5.74, 6) is 0.576. The summed E-state index contributed by atoms with van der Waals surface area (Å²) in [6.45, 7) is 4.83. The Morgan fingerprint density at radius 2 is 2.00 bits per heavy atom. The maximum atomic E-state index is 13.9. The Morgan fingerprint density at radius 3 is 2.76 bits per heavy atom. The summed E-state index contributed by atoms with van der Waals surface area (Å²) in [6, 6.07) is 8.27. The first-order valence-corrected chi connectivity index (χ1v) is 12.3. The maximum absolute atomic E-state index is 13.9. The number of anilines is 1. The van der Waals surface area contributed by atoms with E-state index >= 15 is 0 Å². The number of hydrogen-bond acceptors (Lipinski definition) is 7. The lowest BCUT2D eigenvalue weighted by atomic mass is 10.0. The second kappa shape index (κ2) is 8.78. The fraction of sp³-hybridized carbons (Fsp3) is 0.370. The van der Waals surface area contributed by atoms with E-state index < -0.39 is 5.82 Å². The molecule has 9 nitrogen and oxygen atoms in total. The Kier molecular flexibility index (Phi) is 5.53. The van der Waals surface area contributed by atoms with Crippen LogP contribution < -0.4 is 10.5 Å². The highest BCUT2D eigenvalue weighted by Crippen LogP contribution is 2.36. The quantitative estimate of drug-likeness (QED) is 0.421. The van der Waals surface area contributed by atoms with E-state index in [0.717, 1.165) is 18.4 Å². The summed E-state index contributed by atoms with van der Waals surface area (Å²) in [4.78, 5) is 25.0. The molecule has 1 aliphatic heterocycles. The fourth-order valence-electron chi connectivity index (χ4n) is 4.91. The smallest absolute Gasteiger partial charge is 0.261 e. The van der Waals surface area contributed by atoms with Crippen LogP contribution in [0.15, 0.2) is 41.5 Å². The first kappa shape index (κ1) is 23.3. The summed E-state index contributed by atoms with van der Waals surface area (Å²) in [5.41, 5.74) is 2.11. The Hall–Kier alpha value is -4.10. The van der Waals surface area contributed by atoms with Crippen molar-refractivity contribution in [2.45, 2.75) is 44.9 Å². The molecule has 1 saturated carbocycles. The molecule has 37 heavy (non-hydrogen) atoms. The van der Waals surface area contributed by atoms with Crippen molar-refractivity contribution < 1.29 is 9.13 Å². The Bertz CT molecular complexity index is 1630. The van der Waals surface area contributed by atoms with Crippen molar-refractivity contribution in [1.29, 1.82) is 5.26 Å². The molecule has 2 aliphatic rings. The van der Waals surface area contributed by atoms with E-state index in [9.17, 15) is 14.4 Å². The molecule has 188 valence electrons. The molecule has 1 aliphatic carbocycles. The van der Waals surface area contributed by atoms with E-state index in [4.69, 9.17) is 9.72 Å². The van der Waals surface area contributed by atoms with Crippen LogP contribution in [0.2, 0.25) is 0 Å². The van der Waals surface area contributed by atoms with Crippen molar-refractivity contribution in [1.82, 2.24) is 24.3 Å². The van der Waals surface area contributed by atoms with Crippen LogP contribution in [-0.4, -0.2) is 43.5 Å². The van der Waals surface area contributed by atoms with Crippen LogP contribution in [0, 0.1) is 24.1 Å². The van der Waals surface area contributed by atoms with Crippen molar-refractivity contribution >= 4 is 16.7 Å². The van der Waals surface area contributed by atoms with E-state index in [1.54, 1.807) is 20.0 Å². The molecule has 0 N–H and O–H groups in total. The number of aryl methyl sites for hydroxylation is 1. The van der Waals surface area contributed by atoms with Crippen LogP contribution in [0.25, 0.3) is 22.2 Å². The van der Waals surface area contributed by atoms with Gasteiger partial charge in [-0.3, -0.25) is 14.0 Å². The normalized spacial score (nSPS) is 19.8. The lowest BCUT2D eigenvalue weighted by Gasteiger charge is -2.37. The van der Waals surface area contributed by atoms with E-state index in [2.05, 4.69) is 27.2 Å². The standard InChI is InChI=1S/C27H26FN7O2/c1-15-12-34(14-23(37-15)18-11-30-35(13-18)20-5-6-20)24-9-22-26(31-16(2)33(3)27(22)36)25(32-24)21-7-4-19(28)8-17(21)10-29/h4,7-9,11,13,15,20,23H,5-6,12,14H2,1-3H3/t15-,23-/m0/s1. The molecule has 10 heteroatoms. The van der Waals surface area contributed by atoms with Gasteiger partial charge in [0.1, 0.15) is 34.8 Å². The number of ether oxygens (including phenoxy) is 1. The highest BCUT2D eigenvalue weighted by molar-refractivity contribution is 5.94. The second-order valence-electron chi connectivity index (χ2n) is 9.88. The molecule has 6 rings (SSSR count). The number of morpholine rings is 1. The van der Waals surface area contributed by atoms with Gasteiger partial charge in [-0.25, -0.2) is 14.4 Å². The van der Waals surface area contributed by atoms with Gasteiger partial charge >= 0.3 is 0 Å². The van der Waals surface area contributed by atoms with Crippen LogP contribution in [0.5, 0.6) is 0 Å². The van der Waals surface area contributed by atoms with E-state index in [-0.39, 0.29) is 23.3 Å². The zero-order chi connectivity index (χ0) is 25.8. The van der Waals surface area contributed by atoms with Gasteiger partial charge in [0.2, 0.25) is 0 Å². The van der Waals surface area contributed by atoms with E-state index in [1.165, 1.54) is 22.8 Å². The monoisotopic (exact) mass is 499 g/mol. The Morgan fingerprint density at radius 1 is 1.19 bits per heavy atom. The Balaban J connectivity index is 1.49. The maximum Gasteiger partial charge on any atom is 0.261 e. The zero-order valence-electron chi connectivity index (χ0n) is 20.8. The minimum atomic E-state index is -0.516. The average Bonchev–Trinajstić information content (AvgIpc) is 3.62. The van der Waals surface area contributed by atoms with Gasteiger partial charge in [-0.1, -0.05) is 0 Å². The number of nitriles is 1. The fourth-order valence-corrected chi connectivity index (χ4v) is 4.91. The first-order valence-electron chi connectivity index (χ1n) is 12.3. The predicted molar refractivity (Wildman–Crippen MR) is 136 cm³/mol. The highest BCUT2D eigenvalue weighted by atomic mass is 19.1. The number of benzene rings is 1. The van der Waals surface area contributed by atoms with Crippen molar-refractivity contribution in [3.8, 4) is 17.3 Å². The molecular formula is C27H26FN7O2. The third-order valence-corrected chi connectivity index (χ3v) is 7.13. The van der Waals surface area contributed by atoms with Gasteiger partial charge in [-0.2, -0.15) is 10.4 Å². The summed E-state index contributed by atoms with van der Waals surface area (Å²) in [5, 5.41) is 14.6. The van der Waals surface area contributed by atoms with Crippen LogP contribution in [-0.2, 0) is 11.8 Å². The lowest BCUT2D eigenvalue weighted by Crippen LogP contribution is -2.43. The number of pyridine rings is 1. The number of nitrogens with zero attached hydrogens (tertiary/aromatic N) is 7. The molecule has 2 atom stereocenters. The van der Waals surface area contributed by atoms with E-state index in [1.807, 2.05) is 17.8 Å². The van der Waals surface area contributed by atoms with Crippen molar-refractivity contribution in [2.75, 3.05) is 18.0 Å². The minimum Gasteiger partial charge on any atom is -0.367 e. The van der Waals surface area contributed by atoms with Crippen LogP contribution >= 0.6 is 0 Å². The summed E-state index contributed by atoms with van der Waals surface area (Å²) in [7, 11) is 1.67. The van der Waals surface area contributed by atoms with Crippen LogP contribution in [0.3, 0.4) is 0 Å². The van der Waals surface area contributed by atoms with Crippen LogP contribution in [0.1, 0.15) is 48.9 Å². The van der Waals surface area contributed by atoms with Crippen LogP contribution in [0.4, 0.5) is 10.2 Å². The lowest BCUT2D eigenvalue weighted by molar-refractivity contribution is -0.0176. The van der Waals surface area contributed by atoms with E-state index in [0.29, 0.717) is 52.9 Å². The van der Waals surface area contributed by atoms with Gasteiger partial charge < -0.3 is 9.64 Å². The van der Waals surface area contributed by atoms with Crippen molar-refractivity contribution in [3.05, 3.63) is 69.8 Å². The Labute approximate surface area is 212 Å². The van der Waals surface area contributed by atoms with Gasteiger partial charge in [-0.05, 0) is 51.0 Å². The molecule has 4 heterocycles. The SMILES string of the molecule is Cc1nc2c(-c3ccc(F)cc3C#N)nc(N3C[C@@H](c4cnn(C5CC5)c4)O[C@@H](C)C3)cc2c(=O)n1C. The first-order chi connectivity index (χ1) is 17.8. The molecule has 0 bridgehead atoms. The van der Waals surface area contributed by atoms with Gasteiger partial charge in [0, 0.05) is 30.9 Å². The number of fused-ring (bicyclic) bond motifs is 1. The number of rotatable bonds is 4. The molecule has 1 saturated heterocycles. The third-order valence-electron chi connectivity index (χ3n) is 7.13. The predicted octanol–water partition coefficient (Wildman–Crippen LogP) is 3.81. The number of halogens is 1. The number of aromatic nitrogens is 5. The number of hydrogen-bond donors (Lipinski definition) is 0. The highest BCUT2D eigenvalue weighted by Gasteiger charge is 2.31.